The summed E-state index contributed by atoms with van der Waals surface area (Å²) in [5.41, 5.74) is 0.763. The predicted octanol–water partition coefficient (Wildman–Crippen LogP) is 0.579. The van der Waals surface area contributed by atoms with Crippen molar-refractivity contribution in [2.75, 3.05) is 27.1 Å². The van der Waals surface area contributed by atoms with E-state index in [4.69, 9.17) is 19.3 Å². The third-order valence-electron chi connectivity index (χ3n) is 4.07. The second-order valence-electron chi connectivity index (χ2n) is 5.96. The highest BCUT2D eigenvalue weighted by molar-refractivity contribution is 5.43. The number of methoxy groups -OCH3 is 1. The van der Waals surface area contributed by atoms with Gasteiger partial charge in [-0.1, -0.05) is 12.1 Å². The first-order chi connectivity index (χ1) is 13.4. The molecule has 0 saturated carbocycles. The van der Waals surface area contributed by atoms with Gasteiger partial charge in [0, 0.05) is 0 Å². The van der Waals surface area contributed by atoms with Crippen LogP contribution in [0.3, 0.4) is 0 Å². The van der Waals surface area contributed by atoms with Gasteiger partial charge in [-0.2, -0.15) is 0 Å². The molecular weight excluding hydrogens is 372 g/mol. The number of rotatable bonds is 10. The highest BCUT2D eigenvalue weighted by Crippen LogP contribution is 2.33. The molecule has 6 N–H and O–H groups in total. The molecular formula is C19H24O9. The molecule has 0 fully saturated rings. The Morgan fingerprint density at radius 1 is 0.857 bits per heavy atom. The van der Waals surface area contributed by atoms with Crippen LogP contribution in [0, 0.1) is 0 Å². The largest absolute Gasteiger partial charge is 0.504 e. The lowest BCUT2D eigenvalue weighted by Crippen LogP contribution is -2.26. The van der Waals surface area contributed by atoms with E-state index in [-0.39, 0.29) is 23.0 Å². The number of phenols is 2. The van der Waals surface area contributed by atoms with E-state index < -0.39 is 38.3 Å². The second-order valence-corrected chi connectivity index (χ2v) is 5.96. The average molecular weight is 396 g/mol. The third-order valence-corrected chi connectivity index (χ3v) is 4.07. The van der Waals surface area contributed by atoms with Gasteiger partial charge in [0.15, 0.2) is 29.8 Å². The van der Waals surface area contributed by atoms with Gasteiger partial charge in [-0.05, 0) is 35.4 Å². The van der Waals surface area contributed by atoms with E-state index in [0.29, 0.717) is 11.1 Å². The molecule has 0 amide bonds. The summed E-state index contributed by atoms with van der Waals surface area (Å²) in [6, 6.07) is 8.40. The highest BCUT2D eigenvalue weighted by atomic mass is 16.7. The van der Waals surface area contributed by atoms with Gasteiger partial charge in [0.25, 0.3) is 0 Å². The Kier molecular flexibility index (Phi) is 7.85. The molecule has 0 saturated heterocycles. The normalized spacial score (nSPS) is 14.3. The van der Waals surface area contributed by atoms with Gasteiger partial charge in [0.2, 0.25) is 0 Å². The molecule has 0 aromatic heterocycles. The van der Waals surface area contributed by atoms with E-state index in [2.05, 4.69) is 0 Å². The summed E-state index contributed by atoms with van der Waals surface area (Å²) in [6.45, 7) is -1.48. The number of hydrogen-bond donors (Lipinski definition) is 6. The molecule has 154 valence electrons. The van der Waals surface area contributed by atoms with Crippen LogP contribution in [0.15, 0.2) is 36.4 Å². The fourth-order valence-corrected chi connectivity index (χ4v) is 2.53. The Balaban J connectivity index is 2.13. The molecule has 0 spiro atoms. The Bertz CT molecular complexity index is 765. The smallest absolute Gasteiger partial charge is 0.190 e. The van der Waals surface area contributed by atoms with Crippen LogP contribution in [0.2, 0.25) is 0 Å². The van der Waals surface area contributed by atoms with Gasteiger partial charge >= 0.3 is 0 Å². The van der Waals surface area contributed by atoms with Crippen molar-refractivity contribution in [3.63, 3.8) is 0 Å². The van der Waals surface area contributed by atoms with Crippen LogP contribution in [0.25, 0.3) is 0 Å². The molecule has 2 aromatic carbocycles. The van der Waals surface area contributed by atoms with Crippen LogP contribution in [0.4, 0.5) is 0 Å². The fourth-order valence-electron chi connectivity index (χ4n) is 2.53. The van der Waals surface area contributed by atoms with Crippen LogP contribution < -0.4 is 9.47 Å². The van der Waals surface area contributed by atoms with Gasteiger partial charge in [0.1, 0.15) is 18.3 Å². The summed E-state index contributed by atoms with van der Waals surface area (Å²) in [5, 5.41) is 57.6. The summed E-state index contributed by atoms with van der Waals surface area (Å²) < 4.78 is 15.9. The number of benzene rings is 2. The maximum absolute atomic E-state index is 10.1. The molecule has 0 radical (unpaired) electrons. The third kappa shape index (κ3) is 5.24. The van der Waals surface area contributed by atoms with E-state index in [0.717, 1.165) is 0 Å². The molecule has 0 heterocycles. The summed E-state index contributed by atoms with van der Waals surface area (Å²) >= 11 is 0. The van der Waals surface area contributed by atoms with Crippen LogP contribution in [-0.4, -0.2) is 63.9 Å². The molecule has 9 nitrogen and oxygen atoms in total. The van der Waals surface area contributed by atoms with E-state index in [9.17, 15) is 25.5 Å². The minimum absolute atomic E-state index is 0.00512. The van der Waals surface area contributed by atoms with Crippen LogP contribution in [0.5, 0.6) is 23.0 Å². The summed E-state index contributed by atoms with van der Waals surface area (Å²) in [6.07, 6.45) is -3.42. The van der Waals surface area contributed by atoms with Gasteiger partial charge in [-0.15, -0.1) is 0 Å². The zero-order valence-electron chi connectivity index (χ0n) is 15.2. The summed E-state index contributed by atoms with van der Waals surface area (Å²) in [4.78, 5) is 0. The number of aliphatic hydroxyl groups excluding tert-OH is 4. The first-order valence-corrected chi connectivity index (χ1v) is 8.43. The van der Waals surface area contributed by atoms with Crippen molar-refractivity contribution in [3.05, 3.63) is 47.5 Å². The van der Waals surface area contributed by atoms with Crippen LogP contribution in [0.1, 0.15) is 23.3 Å². The van der Waals surface area contributed by atoms with E-state index in [1.807, 2.05) is 0 Å². The first-order valence-electron chi connectivity index (χ1n) is 8.43. The van der Waals surface area contributed by atoms with Crippen molar-refractivity contribution in [2.45, 2.75) is 18.3 Å². The first kappa shape index (κ1) is 21.7. The van der Waals surface area contributed by atoms with Crippen LogP contribution in [-0.2, 0) is 4.74 Å². The van der Waals surface area contributed by atoms with E-state index >= 15 is 0 Å². The minimum atomic E-state index is -1.28. The molecule has 0 aliphatic carbocycles. The number of ether oxygens (including phenoxy) is 3. The van der Waals surface area contributed by atoms with Gasteiger partial charge in [-0.25, -0.2) is 0 Å². The maximum atomic E-state index is 10.1. The topological polar surface area (TPSA) is 149 Å². The summed E-state index contributed by atoms with van der Waals surface area (Å²) in [5.74, 6) is -0.127. The van der Waals surface area contributed by atoms with E-state index in [1.54, 1.807) is 0 Å². The maximum Gasteiger partial charge on any atom is 0.190 e. The van der Waals surface area contributed by atoms with Crippen LogP contribution >= 0.6 is 0 Å². The standard InChI is InChI=1S/C19H24O9/c1-26-17-7-12(3-5-13(17)22)19(16(25)9-21)28-10-27-18-6-11(15(24)8-20)2-4-14(18)23/h2-7,15-16,19-25H,8-10H2,1H3. The molecule has 2 aromatic rings. The monoisotopic (exact) mass is 396 g/mol. The molecule has 9 heteroatoms. The van der Waals surface area contributed by atoms with Crippen molar-refractivity contribution in [1.29, 1.82) is 0 Å². The fraction of sp³-hybridized carbons (Fsp3) is 0.368. The molecule has 28 heavy (non-hydrogen) atoms. The Labute approximate surface area is 161 Å². The van der Waals surface area contributed by atoms with E-state index in [1.165, 1.54) is 43.5 Å². The predicted molar refractivity (Wildman–Crippen MR) is 97.2 cm³/mol. The number of aromatic hydroxyl groups is 2. The second kappa shape index (κ2) is 10.1. The summed E-state index contributed by atoms with van der Waals surface area (Å²) in [7, 11) is 1.37. The molecule has 3 unspecified atom stereocenters. The zero-order valence-corrected chi connectivity index (χ0v) is 15.2. The molecule has 2 rings (SSSR count). The Hall–Kier alpha value is -2.56. The van der Waals surface area contributed by atoms with Crippen molar-refractivity contribution >= 4 is 0 Å². The van der Waals surface area contributed by atoms with Gasteiger partial charge in [-0.3, -0.25) is 0 Å². The Morgan fingerprint density at radius 3 is 2.07 bits per heavy atom. The Morgan fingerprint density at radius 2 is 1.46 bits per heavy atom. The lowest BCUT2D eigenvalue weighted by Gasteiger charge is -2.23. The average Bonchev–Trinajstić information content (AvgIpc) is 2.71. The van der Waals surface area contributed by atoms with Crippen molar-refractivity contribution in [2.24, 2.45) is 0 Å². The number of aliphatic hydroxyl groups is 4. The zero-order chi connectivity index (χ0) is 20.7. The SMILES string of the molecule is COc1cc(C(OCOc2cc(C(O)CO)ccc2O)C(O)CO)ccc1O. The highest BCUT2D eigenvalue weighted by Gasteiger charge is 2.23. The molecule has 0 aliphatic heterocycles. The lowest BCUT2D eigenvalue weighted by atomic mass is 10.0. The minimum Gasteiger partial charge on any atom is -0.504 e. The molecule has 3 atom stereocenters. The molecule has 0 aliphatic rings. The number of phenolic OH excluding ortho intramolecular Hbond substituents is 2. The van der Waals surface area contributed by atoms with Crippen molar-refractivity contribution < 1.29 is 44.8 Å². The molecule has 0 bridgehead atoms. The van der Waals surface area contributed by atoms with Gasteiger partial charge in [0.05, 0.1) is 20.3 Å². The lowest BCUT2D eigenvalue weighted by molar-refractivity contribution is -0.103. The van der Waals surface area contributed by atoms with Gasteiger partial charge < -0.3 is 44.8 Å². The quantitative estimate of drug-likeness (QED) is 0.317. The van der Waals surface area contributed by atoms with Crippen molar-refractivity contribution in [1.82, 2.24) is 0 Å². The number of hydrogen-bond acceptors (Lipinski definition) is 9. The van der Waals surface area contributed by atoms with Crippen molar-refractivity contribution in [3.8, 4) is 23.0 Å².